The Kier molecular flexibility index (Phi) is 5.33. The molecule has 1 aromatic rings. The number of nitrogens with zero attached hydrogens (tertiary/aromatic N) is 1. The molecule has 90 valence electrons. The number of benzene rings is 1. The number of rotatable bonds is 6. The zero-order valence-electron chi connectivity index (χ0n) is 10.6. The maximum absolute atomic E-state index is 9.75. The summed E-state index contributed by atoms with van der Waals surface area (Å²) in [6, 6.07) is 8.13. The molecule has 0 bridgehead atoms. The molecule has 1 N–H and O–H groups in total. The third-order valence-corrected chi connectivity index (χ3v) is 2.89. The van der Waals surface area contributed by atoms with Crippen LogP contribution < -0.4 is 4.90 Å². The van der Waals surface area contributed by atoms with Gasteiger partial charge in [0.25, 0.3) is 0 Å². The molecular formula is C14H23NO. The summed E-state index contributed by atoms with van der Waals surface area (Å²) in [7, 11) is 0. The van der Waals surface area contributed by atoms with Gasteiger partial charge in [0, 0.05) is 24.3 Å². The van der Waals surface area contributed by atoms with Gasteiger partial charge in [0.1, 0.15) is 0 Å². The summed E-state index contributed by atoms with van der Waals surface area (Å²) < 4.78 is 0. The maximum atomic E-state index is 9.75. The lowest BCUT2D eigenvalue weighted by Crippen LogP contribution is -2.25. The summed E-state index contributed by atoms with van der Waals surface area (Å²) >= 11 is 0. The molecule has 1 unspecified atom stereocenters. The highest BCUT2D eigenvalue weighted by atomic mass is 16.3. The number of hydrogen-bond acceptors (Lipinski definition) is 2. The lowest BCUT2D eigenvalue weighted by Gasteiger charge is -2.26. The van der Waals surface area contributed by atoms with Crippen molar-refractivity contribution in [1.82, 2.24) is 0 Å². The van der Waals surface area contributed by atoms with Crippen LogP contribution in [-0.2, 0) is 0 Å². The minimum atomic E-state index is -0.396. The van der Waals surface area contributed by atoms with Gasteiger partial charge in [0.15, 0.2) is 0 Å². The van der Waals surface area contributed by atoms with Crippen molar-refractivity contribution in [2.45, 2.75) is 39.7 Å². The van der Waals surface area contributed by atoms with E-state index in [4.69, 9.17) is 0 Å². The summed E-state index contributed by atoms with van der Waals surface area (Å²) in [5, 5.41) is 9.75. The van der Waals surface area contributed by atoms with Gasteiger partial charge in [-0.15, -0.1) is 0 Å². The standard InChI is InChI=1S/C14H23NO/c1-4-6-11-15(5-2)14-10-8-7-9-13(14)12(3)16/h7-10,12,16H,4-6,11H2,1-3H3. The second-order valence-electron chi connectivity index (χ2n) is 4.17. The van der Waals surface area contributed by atoms with Gasteiger partial charge >= 0.3 is 0 Å². The second kappa shape index (κ2) is 6.54. The van der Waals surface area contributed by atoms with Gasteiger partial charge in [-0.1, -0.05) is 31.5 Å². The third-order valence-electron chi connectivity index (χ3n) is 2.89. The molecule has 0 aliphatic carbocycles. The van der Waals surface area contributed by atoms with E-state index >= 15 is 0 Å². The number of aliphatic hydroxyl groups is 1. The van der Waals surface area contributed by atoms with Crippen LogP contribution in [0.3, 0.4) is 0 Å². The number of aliphatic hydroxyl groups excluding tert-OH is 1. The Labute approximate surface area is 98.9 Å². The molecule has 0 heterocycles. The largest absolute Gasteiger partial charge is 0.389 e. The minimum absolute atomic E-state index is 0.396. The highest BCUT2D eigenvalue weighted by Gasteiger charge is 2.11. The molecule has 0 saturated carbocycles. The van der Waals surface area contributed by atoms with Crippen LogP contribution in [0.1, 0.15) is 45.3 Å². The first-order valence-corrected chi connectivity index (χ1v) is 6.22. The van der Waals surface area contributed by atoms with Gasteiger partial charge in [-0.3, -0.25) is 0 Å². The first-order valence-electron chi connectivity index (χ1n) is 6.22. The van der Waals surface area contributed by atoms with Crippen molar-refractivity contribution in [2.24, 2.45) is 0 Å². The van der Waals surface area contributed by atoms with Crippen LogP contribution in [0.5, 0.6) is 0 Å². The molecule has 0 aliphatic rings. The molecule has 16 heavy (non-hydrogen) atoms. The van der Waals surface area contributed by atoms with Crippen molar-refractivity contribution in [3.05, 3.63) is 29.8 Å². The number of hydrogen-bond donors (Lipinski definition) is 1. The number of para-hydroxylation sites is 1. The second-order valence-corrected chi connectivity index (χ2v) is 4.17. The van der Waals surface area contributed by atoms with E-state index in [2.05, 4.69) is 24.8 Å². The van der Waals surface area contributed by atoms with Crippen LogP contribution in [0, 0.1) is 0 Å². The van der Waals surface area contributed by atoms with Crippen LogP contribution in [0.4, 0.5) is 5.69 Å². The molecule has 1 atom stereocenters. The van der Waals surface area contributed by atoms with Crippen molar-refractivity contribution < 1.29 is 5.11 Å². The Balaban J connectivity index is 2.90. The van der Waals surface area contributed by atoms with Crippen molar-refractivity contribution in [1.29, 1.82) is 0 Å². The van der Waals surface area contributed by atoms with Crippen LogP contribution >= 0.6 is 0 Å². The van der Waals surface area contributed by atoms with E-state index in [1.807, 2.05) is 25.1 Å². The normalized spacial score (nSPS) is 12.5. The molecule has 1 rings (SSSR count). The summed E-state index contributed by atoms with van der Waals surface area (Å²) in [6.07, 6.45) is 2.00. The molecule has 0 fully saturated rings. The van der Waals surface area contributed by atoms with E-state index in [1.165, 1.54) is 18.5 Å². The van der Waals surface area contributed by atoms with Crippen molar-refractivity contribution in [3.63, 3.8) is 0 Å². The van der Waals surface area contributed by atoms with Crippen LogP contribution in [0.15, 0.2) is 24.3 Å². The molecule has 0 saturated heterocycles. The number of anilines is 1. The molecule has 2 heteroatoms. The van der Waals surface area contributed by atoms with Crippen molar-refractivity contribution >= 4 is 5.69 Å². The Bertz CT molecular complexity index is 309. The predicted octanol–water partition coefficient (Wildman–Crippen LogP) is 3.37. The topological polar surface area (TPSA) is 23.5 Å². The fourth-order valence-corrected chi connectivity index (χ4v) is 1.93. The van der Waals surface area contributed by atoms with E-state index in [-0.39, 0.29) is 0 Å². The number of unbranched alkanes of at least 4 members (excludes halogenated alkanes) is 1. The lowest BCUT2D eigenvalue weighted by molar-refractivity contribution is 0.199. The fourth-order valence-electron chi connectivity index (χ4n) is 1.93. The van der Waals surface area contributed by atoms with E-state index in [1.54, 1.807) is 0 Å². The predicted molar refractivity (Wildman–Crippen MR) is 69.9 cm³/mol. The average Bonchev–Trinajstić information content (AvgIpc) is 2.30. The van der Waals surface area contributed by atoms with Gasteiger partial charge in [0.2, 0.25) is 0 Å². The van der Waals surface area contributed by atoms with Crippen LogP contribution in [0.25, 0.3) is 0 Å². The van der Waals surface area contributed by atoms with E-state index in [9.17, 15) is 5.11 Å². The highest BCUT2D eigenvalue weighted by Crippen LogP contribution is 2.26. The van der Waals surface area contributed by atoms with Crippen molar-refractivity contribution in [3.8, 4) is 0 Å². The van der Waals surface area contributed by atoms with E-state index in [0.717, 1.165) is 18.7 Å². The Morgan fingerprint density at radius 3 is 2.50 bits per heavy atom. The first kappa shape index (κ1) is 13.0. The molecule has 0 radical (unpaired) electrons. The van der Waals surface area contributed by atoms with Gasteiger partial charge in [0.05, 0.1) is 6.10 Å². The molecule has 0 aliphatic heterocycles. The van der Waals surface area contributed by atoms with Crippen molar-refractivity contribution in [2.75, 3.05) is 18.0 Å². The summed E-state index contributed by atoms with van der Waals surface area (Å²) in [5.74, 6) is 0. The molecule has 0 aromatic heterocycles. The lowest BCUT2D eigenvalue weighted by atomic mass is 10.1. The van der Waals surface area contributed by atoms with Gasteiger partial charge in [-0.05, 0) is 26.3 Å². The van der Waals surface area contributed by atoms with Gasteiger partial charge < -0.3 is 10.0 Å². The monoisotopic (exact) mass is 221 g/mol. The molecule has 0 spiro atoms. The summed E-state index contributed by atoms with van der Waals surface area (Å²) in [5.41, 5.74) is 2.20. The smallest absolute Gasteiger partial charge is 0.0781 e. The molecule has 2 nitrogen and oxygen atoms in total. The first-order chi connectivity index (χ1) is 7.70. The zero-order valence-corrected chi connectivity index (χ0v) is 10.6. The van der Waals surface area contributed by atoms with Crippen LogP contribution in [-0.4, -0.2) is 18.2 Å². The summed E-state index contributed by atoms with van der Waals surface area (Å²) in [4.78, 5) is 2.34. The summed E-state index contributed by atoms with van der Waals surface area (Å²) in [6.45, 7) is 8.25. The fraction of sp³-hybridized carbons (Fsp3) is 0.571. The maximum Gasteiger partial charge on any atom is 0.0781 e. The molecular weight excluding hydrogens is 198 g/mol. The SMILES string of the molecule is CCCCN(CC)c1ccccc1C(C)O. The van der Waals surface area contributed by atoms with E-state index < -0.39 is 6.10 Å². The average molecular weight is 221 g/mol. The Morgan fingerprint density at radius 1 is 1.25 bits per heavy atom. The highest BCUT2D eigenvalue weighted by molar-refractivity contribution is 5.54. The van der Waals surface area contributed by atoms with Gasteiger partial charge in [-0.25, -0.2) is 0 Å². The van der Waals surface area contributed by atoms with E-state index in [0.29, 0.717) is 0 Å². The van der Waals surface area contributed by atoms with Crippen LogP contribution in [0.2, 0.25) is 0 Å². The Morgan fingerprint density at radius 2 is 1.94 bits per heavy atom. The Hall–Kier alpha value is -1.02. The minimum Gasteiger partial charge on any atom is -0.389 e. The molecule has 1 aromatic carbocycles. The van der Waals surface area contributed by atoms with Gasteiger partial charge in [-0.2, -0.15) is 0 Å². The quantitative estimate of drug-likeness (QED) is 0.796. The third kappa shape index (κ3) is 3.24. The molecule has 0 amide bonds. The zero-order chi connectivity index (χ0) is 12.0.